The van der Waals surface area contributed by atoms with Crippen molar-refractivity contribution in [2.75, 3.05) is 18.0 Å². The smallest absolute Gasteiger partial charge is 0.186 e. The molecule has 1 atom stereocenters. The Morgan fingerprint density at radius 3 is 2.63 bits per heavy atom. The molecule has 0 aliphatic rings. The maximum Gasteiger partial charge on any atom is 0.186 e. The lowest BCUT2D eigenvalue weighted by molar-refractivity contribution is 0.183. The third kappa shape index (κ3) is 3.56. The molecule has 0 spiro atoms. The van der Waals surface area contributed by atoms with Crippen LogP contribution in [-0.4, -0.2) is 38.0 Å². The monoisotopic (exact) mass is 379 g/mol. The molecule has 3 aromatic heterocycles. The summed E-state index contributed by atoms with van der Waals surface area (Å²) in [5.41, 5.74) is 3.79. The Labute approximate surface area is 161 Å². The molecule has 27 heavy (non-hydrogen) atoms. The van der Waals surface area contributed by atoms with E-state index < -0.39 is 6.10 Å². The topological polar surface area (TPSA) is 66.5 Å². The largest absolute Gasteiger partial charge is 0.387 e. The summed E-state index contributed by atoms with van der Waals surface area (Å²) in [5, 5.41) is 27.9. The van der Waals surface area contributed by atoms with Crippen molar-refractivity contribution in [1.29, 1.82) is 0 Å². The third-order valence-electron chi connectivity index (χ3n) is 4.59. The molecular formula is C20H21N5OS. The van der Waals surface area contributed by atoms with Crippen LogP contribution < -0.4 is 4.90 Å². The lowest BCUT2D eigenvalue weighted by Crippen LogP contribution is -2.29. The standard InChI is InChI=1S/C20H21N5OS/c1-3-24(12-17(26)15-6-4-14(2)5-7-15)19-9-8-18-21-22-20(25(18)23-19)16-10-11-27-13-16/h4-11,13,17,26H,3,12H2,1-2H3. The lowest BCUT2D eigenvalue weighted by atomic mass is 10.1. The summed E-state index contributed by atoms with van der Waals surface area (Å²) in [6, 6.07) is 13.8. The molecule has 7 heteroatoms. The van der Waals surface area contributed by atoms with Crippen LogP contribution in [0.4, 0.5) is 5.82 Å². The fourth-order valence-corrected chi connectivity index (χ4v) is 3.64. The van der Waals surface area contributed by atoms with E-state index in [1.807, 2.05) is 60.1 Å². The van der Waals surface area contributed by atoms with Crippen LogP contribution in [-0.2, 0) is 0 Å². The fourth-order valence-electron chi connectivity index (χ4n) is 3.01. The number of aryl methyl sites for hydroxylation is 1. The highest BCUT2D eigenvalue weighted by atomic mass is 32.1. The molecule has 1 aromatic carbocycles. The van der Waals surface area contributed by atoms with Crippen LogP contribution in [0.15, 0.2) is 53.2 Å². The van der Waals surface area contributed by atoms with Crippen molar-refractivity contribution in [3.63, 3.8) is 0 Å². The number of likely N-dealkylation sites (N-methyl/N-ethyl adjacent to an activating group) is 1. The van der Waals surface area contributed by atoms with E-state index in [0.717, 1.165) is 29.3 Å². The Bertz CT molecular complexity index is 1030. The van der Waals surface area contributed by atoms with Crippen LogP contribution in [0, 0.1) is 6.92 Å². The van der Waals surface area contributed by atoms with Gasteiger partial charge in [-0.3, -0.25) is 0 Å². The van der Waals surface area contributed by atoms with E-state index in [2.05, 4.69) is 22.0 Å². The van der Waals surface area contributed by atoms with Gasteiger partial charge in [0.15, 0.2) is 11.5 Å². The number of rotatable bonds is 6. The van der Waals surface area contributed by atoms with Crippen LogP contribution in [0.3, 0.4) is 0 Å². The summed E-state index contributed by atoms with van der Waals surface area (Å²) in [4.78, 5) is 2.06. The van der Waals surface area contributed by atoms with Gasteiger partial charge in [-0.1, -0.05) is 29.8 Å². The van der Waals surface area contributed by atoms with E-state index in [0.29, 0.717) is 12.2 Å². The summed E-state index contributed by atoms with van der Waals surface area (Å²) in [6.07, 6.45) is -0.583. The zero-order chi connectivity index (χ0) is 18.8. The minimum Gasteiger partial charge on any atom is -0.387 e. The highest BCUT2D eigenvalue weighted by Crippen LogP contribution is 2.23. The van der Waals surface area contributed by atoms with Crippen LogP contribution in [0.5, 0.6) is 0 Å². The Hall–Kier alpha value is -2.77. The molecular weight excluding hydrogens is 358 g/mol. The number of aromatic nitrogens is 4. The number of aliphatic hydroxyl groups is 1. The maximum absolute atomic E-state index is 10.7. The number of hydrogen-bond donors (Lipinski definition) is 1. The van der Waals surface area contributed by atoms with Crippen LogP contribution in [0.2, 0.25) is 0 Å². The van der Waals surface area contributed by atoms with Crippen molar-refractivity contribution in [2.24, 2.45) is 0 Å². The first kappa shape index (κ1) is 17.6. The Morgan fingerprint density at radius 1 is 1.11 bits per heavy atom. The van der Waals surface area contributed by atoms with Crippen molar-refractivity contribution in [1.82, 2.24) is 19.8 Å². The van der Waals surface area contributed by atoms with Gasteiger partial charge in [-0.05, 0) is 43.0 Å². The molecule has 6 nitrogen and oxygen atoms in total. The first-order valence-corrected chi connectivity index (χ1v) is 9.84. The van der Waals surface area contributed by atoms with E-state index >= 15 is 0 Å². The van der Waals surface area contributed by atoms with Crippen LogP contribution >= 0.6 is 11.3 Å². The number of thiophene rings is 1. The molecule has 0 saturated heterocycles. The van der Waals surface area contributed by atoms with Crippen molar-refractivity contribution < 1.29 is 5.11 Å². The second-order valence-corrected chi connectivity index (χ2v) is 7.24. The van der Waals surface area contributed by atoms with Crippen molar-refractivity contribution in [2.45, 2.75) is 20.0 Å². The summed E-state index contributed by atoms with van der Waals surface area (Å²) in [6.45, 7) is 5.29. The zero-order valence-corrected chi connectivity index (χ0v) is 16.1. The lowest BCUT2D eigenvalue weighted by Gasteiger charge is -2.25. The molecule has 0 amide bonds. The zero-order valence-electron chi connectivity index (χ0n) is 15.3. The second kappa shape index (κ2) is 7.46. The first-order valence-electron chi connectivity index (χ1n) is 8.90. The number of nitrogens with zero attached hydrogens (tertiary/aromatic N) is 5. The van der Waals surface area contributed by atoms with Gasteiger partial charge in [-0.15, -0.1) is 15.3 Å². The summed E-state index contributed by atoms with van der Waals surface area (Å²) in [5.74, 6) is 1.51. The van der Waals surface area contributed by atoms with E-state index in [1.165, 1.54) is 5.56 Å². The van der Waals surface area contributed by atoms with E-state index in [4.69, 9.17) is 5.10 Å². The number of hydrogen-bond acceptors (Lipinski definition) is 6. The molecule has 4 rings (SSSR count). The third-order valence-corrected chi connectivity index (χ3v) is 5.27. The minimum absolute atomic E-state index is 0.466. The average Bonchev–Trinajstić information content (AvgIpc) is 3.35. The van der Waals surface area contributed by atoms with Gasteiger partial charge in [0, 0.05) is 24.0 Å². The SMILES string of the molecule is CCN(CC(O)c1ccc(C)cc1)c1ccc2nnc(-c3ccsc3)n2n1. The molecule has 0 aliphatic carbocycles. The van der Waals surface area contributed by atoms with Gasteiger partial charge in [0.05, 0.1) is 6.10 Å². The van der Waals surface area contributed by atoms with Gasteiger partial charge in [0.1, 0.15) is 5.82 Å². The van der Waals surface area contributed by atoms with Crippen LogP contribution in [0.25, 0.3) is 17.0 Å². The first-order chi connectivity index (χ1) is 13.2. The molecule has 1 N–H and O–H groups in total. The molecule has 0 saturated carbocycles. The molecule has 0 aliphatic heterocycles. The van der Waals surface area contributed by atoms with Gasteiger partial charge < -0.3 is 10.0 Å². The van der Waals surface area contributed by atoms with Gasteiger partial charge >= 0.3 is 0 Å². The molecule has 4 aromatic rings. The van der Waals surface area contributed by atoms with Crippen LogP contribution in [0.1, 0.15) is 24.2 Å². The molecule has 1 unspecified atom stereocenters. The van der Waals surface area contributed by atoms with Gasteiger partial charge in [0.25, 0.3) is 0 Å². The predicted molar refractivity (Wildman–Crippen MR) is 108 cm³/mol. The number of aliphatic hydroxyl groups excluding tert-OH is 1. The quantitative estimate of drug-likeness (QED) is 0.553. The highest BCUT2D eigenvalue weighted by Gasteiger charge is 2.16. The average molecular weight is 379 g/mol. The normalized spacial score (nSPS) is 12.4. The van der Waals surface area contributed by atoms with Crippen molar-refractivity contribution >= 4 is 22.8 Å². The van der Waals surface area contributed by atoms with Gasteiger partial charge in [0.2, 0.25) is 0 Å². The minimum atomic E-state index is -0.583. The highest BCUT2D eigenvalue weighted by molar-refractivity contribution is 7.08. The second-order valence-electron chi connectivity index (χ2n) is 6.46. The Morgan fingerprint density at radius 2 is 1.93 bits per heavy atom. The Balaban J connectivity index is 1.63. The number of anilines is 1. The summed E-state index contributed by atoms with van der Waals surface area (Å²) >= 11 is 1.62. The fraction of sp³-hybridized carbons (Fsp3) is 0.250. The van der Waals surface area contributed by atoms with Crippen molar-refractivity contribution in [3.05, 3.63) is 64.4 Å². The maximum atomic E-state index is 10.7. The molecule has 0 radical (unpaired) electrons. The summed E-state index contributed by atoms with van der Waals surface area (Å²) in [7, 11) is 0. The molecule has 0 bridgehead atoms. The van der Waals surface area contributed by atoms with Gasteiger partial charge in [-0.2, -0.15) is 15.9 Å². The number of benzene rings is 1. The molecule has 3 heterocycles. The molecule has 138 valence electrons. The van der Waals surface area contributed by atoms with Crippen molar-refractivity contribution in [3.8, 4) is 11.4 Å². The van der Waals surface area contributed by atoms with E-state index in [1.54, 1.807) is 15.9 Å². The van der Waals surface area contributed by atoms with E-state index in [-0.39, 0.29) is 0 Å². The predicted octanol–water partition coefficient (Wildman–Crippen LogP) is 3.72. The van der Waals surface area contributed by atoms with E-state index in [9.17, 15) is 5.11 Å². The van der Waals surface area contributed by atoms with Gasteiger partial charge in [-0.25, -0.2) is 0 Å². The number of fused-ring (bicyclic) bond motifs is 1. The summed E-state index contributed by atoms with van der Waals surface area (Å²) < 4.78 is 1.76. The molecule has 0 fully saturated rings. The Kier molecular flexibility index (Phi) is 4.87.